The van der Waals surface area contributed by atoms with E-state index < -0.39 is 0 Å². The predicted molar refractivity (Wildman–Crippen MR) is 226 cm³/mol. The molecule has 3 aromatic heterocycles. The molecule has 4 nitrogen and oxygen atoms in total. The lowest BCUT2D eigenvalue weighted by Crippen LogP contribution is -2.00. The van der Waals surface area contributed by atoms with Gasteiger partial charge in [-0.2, -0.15) is 0 Å². The molecule has 0 aliphatic carbocycles. The summed E-state index contributed by atoms with van der Waals surface area (Å²) in [6, 6.07) is 64.4. The van der Waals surface area contributed by atoms with Crippen LogP contribution in [-0.4, -0.2) is 19.5 Å². The largest absolute Gasteiger partial charge is 0.308 e. The van der Waals surface area contributed by atoms with E-state index >= 15 is 0 Å². The van der Waals surface area contributed by atoms with Crippen molar-refractivity contribution in [2.24, 2.45) is 0 Å². The van der Waals surface area contributed by atoms with Crippen LogP contribution in [0.3, 0.4) is 0 Å². The van der Waals surface area contributed by atoms with E-state index in [4.69, 9.17) is 15.0 Å². The van der Waals surface area contributed by atoms with Gasteiger partial charge >= 0.3 is 0 Å². The van der Waals surface area contributed by atoms with E-state index in [0.29, 0.717) is 17.5 Å². The molecule has 0 saturated carbocycles. The molecule has 0 aliphatic heterocycles. The molecule has 11 aromatic rings. The fourth-order valence-electron chi connectivity index (χ4n) is 7.83. The smallest absolute Gasteiger partial charge is 0.164 e. The molecule has 0 N–H and O–H groups in total. The van der Waals surface area contributed by atoms with Crippen LogP contribution in [0, 0.1) is 0 Å². The Morgan fingerprint density at radius 1 is 0.352 bits per heavy atom. The highest BCUT2D eigenvalue weighted by Gasteiger charge is 2.19. The molecule has 0 unspecified atom stereocenters. The molecule has 0 atom stereocenters. The first-order chi connectivity index (χ1) is 26.7. The molecule has 0 bridgehead atoms. The van der Waals surface area contributed by atoms with Crippen LogP contribution in [0.5, 0.6) is 0 Å². The average Bonchev–Trinajstić information content (AvgIpc) is 3.78. The molecule has 0 saturated heterocycles. The van der Waals surface area contributed by atoms with Gasteiger partial charge in [0.25, 0.3) is 0 Å². The third kappa shape index (κ3) is 5.01. The maximum atomic E-state index is 5.12. The molecule has 8 aromatic carbocycles. The zero-order valence-electron chi connectivity index (χ0n) is 29.0. The number of aromatic nitrogens is 4. The number of nitrogens with zero attached hydrogens (tertiary/aromatic N) is 4. The van der Waals surface area contributed by atoms with Gasteiger partial charge in [0.2, 0.25) is 0 Å². The molecular weight excluding hydrogens is 677 g/mol. The van der Waals surface area contributed by atoms with Crippen molar-refractivity contribution in [2.45, 2.75) is 0 Å². The van der Waals surface area contributed by atoms with Gasteiger partial charge in [0.1, 0.15) is 0 Å². The molecule has 0 aliphatic rings. The van der Waals surface area contributed by atoms with E-state index in [0.717, 1.165) is 27.8 Å². The Morgan fingerprint density at radius 3 is 1.74 bits per heavy atom. The SMILES string of the molecule is c1ccc(-c2cccc(-c3nc(-c4ccccc4)nc(-c4ccc5c(c4)sc4c(-n6c7ccccc7c7cc8ccccc8cc76)cccc45)n3)c2)cc1. The lowest BCUT2D eigenvalue weighted by molar-refractivity contribution is 1.07. The van der Waals surface area contributed by atoms with Crippen LogP contribution in [0.15, 0.2) is 182 Å². The summed E-state index contributed by atoms with van der Waals surface area (Å²) in [6.45, 7) is 0. The van der Waals surface area contributed by atoms with Crippen molar-refractivity contribution in [3.8, 4) is 51.0 Å². The highest BCUT2D eigenvalue weighted by molar-refractivity contribution is 7.26. The monoisotopic (exact) mass is 706 g/mol. The molecule has 11 rings (SSSR count). The van der Waals surface area contributed by atoms with Crippen LogP contribution in [-0.2, 0) is 0 Å². The minimum Gasteiger partial charge on any atom is -0.308 e. The number of para-hydroxylation sites is 1. The Morgan fingerprint density at radius 2 is 0.944 bits per heavy atom. The summed E-state index contributed by atoms with van der Waals surface area (Å²) < 4.78 is 4.89. The van der Waals surface area contributed by atoms with Crippen LogP contribution < -0.4 is 0 Å². The highest BCUT2D eigenvalue weighted by Crippen LogP contribution is 2.42. The van der Waals surface area contributed by atoms with Crippen LogP contribution in [0.4, 0.5) is 0 Å². The molecule has 0 fully saturated rings. The van der Waals surface area contributed by atoms with Gasteiger partial charge in [-0.1, -0.05) is 146 Å². The lowest BCUT2D eigenvalue weighted by Gasteiger charge is -2.10. The summed E-state index contributed by atoms with van der Waals surface area (Å²) in [5.41, 5.74) is 8.73. The summed E-state index contributed by atoms with van der Waals surface area (Å²) in [5.74, 6) is 1.95. The van der Waals surface area contributed by atoms with Gasteiger partial charge in [0.15, 0.2) is 17.5 Å². The molecule has 5 heteroatoms. The van der Waals surface area contributed by atoms with Crippen LogP contribution >= 0.6 is 11.3 Å². The minimum absolute atomic E-state index is 0.647. The average molecular weight is 707 g/mol. The quantitative estimate of drug-likeness (QED) is 0.179. The summed E-state index contributed by atoms with van der Waals surface area (Å²) >= 11 is 1.82. The molecule has 3 heterocycles. The van der Waals surface area contributed by atoms with Crippen molar-refractivity contribution in [1.29, 1.82) is 0 Å². The lowest BCUT2D eigenvalue weighted by atomic mass is 10.0. The Bertz CT molecular complexity index is 3220. The number of fused-ring (bicyclic) bond motifs is 7. The maximum absolute atomic E-state index is 5.12. The van der Waals surface area contributed by atoms with Gasteiger partial charge in [0, 0.05) is 42.9 Å². The highest BCUT2D eigenvalue weighted by atomic mass is 32.1. The van der Waals surface area contributed by atoms with Gasteiger partial charge in [-0.25, -0.2) is 15.0 Å². The fraction of sp³-hybridized carbons (Fsp3) is 0. The van der Waals surface area contributed by atoms with E-state index in [1.165, 1.54) is 58.4 Å². The van der Waals surface area contributed by atoms with Crippen LogP contribution in [0.25, 0.3) is 104 Å². The minimum atomic E-state index is 0.647. The zero-order valence-corrected chi connectivity index (χ0v) is 29.8. The van der Waals surface area contributed by atoms with Crippen molar-refractivity contribution in [1.82, 2.24) is 19.5 Å². The Labute approximate surface area is 315 Å². The second-order valence-corrected chi connectivity index (χ2v) is 14.7. The molecule has 252 valence electrons. The van der Waals surface area contributed by atoms with E-state index in [9.17, 15) is 0 Å². The van der Waals surface area contributed by atoms with Crippen LogP contribution in [0.1, 0.15) is 0 Å². The van der Waals surface area contributed by atoms with E-state index in [1.807, 2.05) is 35.6 Å². The number of hydrogen-bond donors (Lipinski definition) is 0. The Kier molecular flexibility index (Phi) is 7.00. The first-order valence-corrected chi connectivity index (χ1v) is 18.9. The van der Waals surface area contributed by atoms with E-state index in [-0.39, 0.29) is 0 Å². The Balaban J connectivity index is 1.09. The summed E-state index contributed by atoms with van der Waals surface area (Å²) in [5, 5.41) is 7.47. The van der Waals surface area contributed by atoms with Gasteiger partial charge < -0.3 is 4.57 Å². The van der Waals surface area contributed by atoms with Crippen molar-refractivity contribution >= 4 is 64.1 Å². The van der Waals surface area contributed by atoms with Crippen molar-refractivity contribution in [3.05, 3.63) is 182 Å². The van der Waals surface area contributed by atoms with Gasteiger partial charge in [-0.05, 0) is 58.3 Å². The molecule has 0 radical (unpaired) electrons. The Hall–Kier alpha value is -6.95. The van der Waals surface area contributed by atoms with Gasteiger partial charge in [0.05, 0.1) is 21.4 Å². The number of rotatable bonds is 5. The van der Waals surface area contributed by atoms with Crippen molar-refractivity contribution < 1.29 is 0 Å². The number of benzene rings is 8. The molecular formula is C49H30N4S. The zero-order chi connectivity index (χ0) is 35.6. The number of hydrogen-bond acceptors (Lipinski definition) is 4. The summed E-state index contributed by atoms with van der Waals surface area (Å²) in [7, 11) is 0. The summed E-state index contributed by atoms with van der Waals surface area (Å²) in [4.78, 5) is 15.2. The van der Waals surface area contributed by atoms with E-state index in [1.54, 1.807) is 0 Å². The molecule has 0 amide bonds. The maximum Gasteiger partial charge on any atom is 0.164 e. The third-order valence-electron chi connectivity index (χ3n) is 10.4. The summed E-state index contributed by atoms with van der Waals surface area (Å²) in [6.07, 6.45) is 0. The van der Waals surface area contributed by atoms with Crippen LogP contribution in [0.2, 0.25) is 0 Å². The normalized spacial score (nSPS) is 11.7. The third-order valence-corrected chi connectivity index (χ3v) is 11.6. The van der Waals surface area contributed by atoms with Crippen molar-refractivity contribution in [2.75, 3.05) is 0 Å². The predicted octanol–water partition coefficient (Wildman–Crippen LogP) is 13.2. The fourth-order valence-corrected chi connectivity index (χ4v) is 9.08. The topological polar surface area (TPSA) is 43.6 Å². The number of thiophene rings is 1. The second-order valence-electron chi connectivity index (χ2n) is 13.7. The first kappa shape index (κ1) is 30.7. The first-order valence-electron chi connectivity index (χ1n) is 18.1. The van der Waals surface area contributed by atoms with E-state index in [2.05, 4.69) is 162 Å². The molecule has 0 spiro atoms. The standard InChI is InChI=1S/C49H30N4S/c1-3-13-31(14-4-1)33-19-11-20-36(27-33)48-50-47(32-15-5-2-6-16-32)51-49(52-48)37-25-26-39-40-22-12-24-43(46(40)54-45(39)30-37)53-42-23-10-9-21-38(42)41-28-34-17-7-8-18-35(34)29-44(41)53/h1-30H. The van der Waals surface area contributed by atoms with Gasteiger partial charge in [-0.3, -0.25) is 0 Å². The second kappa shape index (κ2) is 12.3. The molecule has 54 heavy (non-hydrogen) atoms. The van der Waals surface area contributed by atoms with Crippen molar-refractivity contribution in [3.63, 3.8) is 0 Å². The van der Waals surface area contributed by atoms with Gasteiger partial charge in [-0.15, -0.1) is 11.3 Å².